The minimum absolute atomic E-state index is 0.0671. The Labute approximate surface area is 92.9 Å². The highest BCUT2D eigenvalue weighted by atomic mass is 16.5. The van der Waals surface area contributed by atoms with Crippen molar-refractivity contribution in [1.29, 1.82) is 0 Å². The molecule has 6 heteroatoms. The van der Waals surface area contributed by atoms with Gasteiger partial charge in [-0.2, -0.15) is 4.98 Å². The van der Waals surface area contributed by atoms with Gasteiger partial charge in [-0.3, -0.25) is 0 Å². The van der Waals surface area contributed by atoms with E-state index in [1.54, 1.807) is 12.4 Å². The van der Waals surface area contributed by atoms with Crippen molar-refractivity contribution in [2.45, 2.75) is 25.8 Å². The molecular formula is C10H13N5O. The molecule has 2 aromatic heterocycles. The van der Waals surface area contributed by atoms with Crippen molar-refractivity contribution in [2.75, 3.05) is 0 Å². The zero-order valence-electron chi connectivity index (χ0n) is 9.00. The molecule has 0 radical (unpaired) electrons. The molecule has 0 fully saturated rings. The molecule has 0 aromatic carbocycles. The van der Waals surface area contributed by atoms with Crippen LogP contribution < -0.4 is 5.73 Å². The topological polar surface area (TPSA) is 90.7 Å². The van der Waals surface area contributed by atoms with Crippen LogP contribution in [0.25, 0.3) is 11.5 Å². The first-order valence-electron chi connectivity index (χ1n) is 5.13. The Hall–Kier alpha value is -1.82. The minimum Gasteiger partial charge on any atom is -0.334 e. The fraction of sp³-hybridized carbons (Fsp3) is 0.400. The maximum absolute atomic E-state index is 5.81. The molecule has 0 saturated heterocycles. The van der Waals surface area contributed by atoms with Crippen molar-refractivity contribution < 1.29 is 4.52 Å². The van der Waals surface area contributed by atoms with Crippen LogP contribution in [0.5, 0.6) is 0 Å². The predicted octanol–water partition coefficient (Wildman–Crippen LogP) is 0.806. The molecule has 0 aliphatic heterocycles. The lowest BCUT2D eigenvalue weighted by molar-refractivity contribution is 0.419. The summed E-state index contributed by atoms with van der Waals surface area (Å²) in [5.41, 5.74) is 6.52. The second-order valence-corrected chi connectivity index (χ2v) is 3.52. The number of aromatic nitrogens is 4. The standard InChI is InChI=1S/C10H13N5O/c1-2-8(11)3-9-14-10(16-15-9)7-4-12-6-13-5-7/h4-6,8H,2-3,11H2,1H3. The van der Waals surface area contributed by atoms with Crippen LogP contribution in [-0.2, 0) is 6.42 Å². The summed E-state index contributed by atoms with van der Waals surface area (Å²) in [6.07, 6.45) is 6.22. The van der Waals surface area contributed by atoms with Crippen molar-refractivity contribution in [3.8, 4) is 11.5 Å². The van der Waals surface area contributed by atoms with Gasteiger partial charge in [0.05, 0.1) is 5.56 Å². The molecule has 1 atom stereocenters. The molecule has 6 nitrogen and oxygen atoms in total. The lowest BCUT2D eigenvalue weighted by Crippen LogP contribution is -2.21. The van der Waals surface area contributed by atoms with Gasteiger partial charge < -0.3 is 10.3 Å². The van der Waals surface area contributed by atoms with E-state index in [9.17, 15) is 0 Å². The Morgan fingerprint density at radius 2 is 2.12 bits per heavy atom. The molecule has 0 bridgehead atoms. The van der Waals surface area contributed by atoms with Gasteiger partial charge in [0, 0.05) is 24.9 Å². The highest BCUT2D eigenvalue weighted by Gasteiger charge is 2.11. The molecule has 0 saturated carbocycles. The van der Waals surface area contributed by atoms with E-state index in [1.807, 2.05) is 6.92 Å². The lowest BCUT2D eigenvalue weighted by atomic mass is 10.2. The number of hydrogen-bond donors (Lipinski definition) is 1. The van der Waals surface area contributed by atoms with Gasteiger partial charge >= 0.3 is 0 Å². The van der Waals surface area contributed by atoms with Crippen molar-refractivity contribution >= 4 is 0 Å². The quantitative estimate of drug-likeness (QED) is 0.818. The van der Waals surface area contributed by atoms with Gasteiger partial charge in [0.15, 0.2) is 5.82 Å². The highest BCUT2D eigenvalue weighted by molar-refractivity contribution is 5.48. The molecule has 16 heavy (non-hydrogen) atoms. The average Bonchev–Trinajstić information content (AvgIpc) is 2.78. The van der Waals surface area contributed by atoms with Crippen LogP contribution >= 0.6 is 0 Å². The Morgan fingerprint density at radius 1 is 1.38 bits per heavy atom. The third kappa shape index (κ3) is 2.40. The molecule has 0 aliphatic rings. The fourth-order valence-corrected chi connectivity index (χ4v) is 1.24. The summed E-state index contributed by atoms with van der Waals surface area (Å²) in [6, 6.07) is 0.0671. The van der Waals surface area contributed by atoms with Gasteiger partial charge in [0.2, 0.25) is 0 Å². The maximum Gasteiger partial charge on any atom is 0.261 e. The molecule has 2 rings (SSSR count). The van der Waals surface area contributed by atoms with Crippen molar-refractivity contribution in [2.24, 2.45) is 5.73 Å². The molecule has 2 aromatic rings. The normalized spacial score (nSPS) is 12.6. The summed E-state index contributed by atoms with van der Waals surface area (Å²) in [6.45, 7) is 2.02. The van der Waals surface area contributed by atoms with E-state index in [0.29, 0.717) is 23.7 Å². The summed E-state index contributed by atoms with van der Waals surface area (Å²) >= 11 is 0. The Morgan fingerprint density at radius 3 is 2.81 bits per heavy atom. The van der Waals surface area contributed by atoms with E-state index in [4.69, 9.17) is 10.3 Å². The number of rotatable bonds is 4. The van der Waals surface area contributed by atoms with Crippen LogP contribution in [0.4, 0.5) is 0 Å². The van der Waals surface area contributed by atoms with Crippen LogP contribution in [0.1, 0.15) is 19.2 Å². The Kier molecular flexibility index (Phi) is 3.21. The molecule has 0 amide bonds. The predicted molar refractivity (Wildman–Crippen MR) is 57.3 cm³/mol. The summed E-state index contributed by atoms with van der Waals surface area (Å²) < 4.78 is 5.10. The smallest absolute Gasteiger partial charge is 0.261 e. The number of nitrogens with zero attached hydrogens (tertiary/aromatic N) is 4. The molecule has 0 aliphatic carbocycles. The van der Waals surface area contributed by atoms with Crippen LogP contribution in [0.2, 0.25) is 0 Å². The van der Waals surface area contributed by atoms with Crippen LogP contribution in [0.3, 0.4) is 0 Å². The third-order valence-electron chi connectivity index (χ3n) is 2.24. The van der Waals surface area contributed by atoms with E-state index in [2.05, 4.69) is 20.1 Å². The van der Waals surface area contributed by atoms with Crippen LogP contribution in [-0.4, -0.2) is 26.2 Å². The van der Waals surface area contributed by atoms with Gasteiger partial charge in [0.1, 0.15) is 6.33 Å². The van der Waals surface area contributed by atoms with E-state index in [0.717, 1.165) is 6.42 Å². The van der Waals surface area contributed by atoms with Gasteiger partial charge in [-0.05, 0) is 6.42 Å². The largest absolute Gasteiger partial charge is 0.334 e. The first-order valence-corrected chi connectivity index (χ1v) is 5.13. The minimum atomic E-state index is 0.0671. The molecule has 2 heterocycles. The first-order chi connectivity index (χ1) is 7.79. The summed E-state index contributed by atoms with van der Waals surface area (Å²) in [7, 11) is 0. The van der Waals surface area contributed by atoms with E-state index in [-0.39, 0.29) is 6.04 Å². The van der Waals surface area contributed by atoms with Crippen molar-refractivity contribution in [1.82, 2.24) is 20.1 Å². The second-order valence-electron chi connectivity index (χ2n) is 3.52. The average molecular weight is 219 g/mol. The van der Waals surface area contributed by atoms with Crippen molar-refractivity contribution in [3.63, 3.8) is 0 Å². The van der Waals surface area contributed by atoms with Gasteiger partial charge in [-0.1, -0.05) is 12.1 Å². The highest BCUT2D eigenvalue weighted by Crippen LogP contribution is 2.14. The fourth-order valence-electron chi connectivity index (χ4n) is 1.24. The monoisotopic (exact) mass is 219 g/mol. The van der Waals surface area contributed by atoms with E-state index >= 15 is 0 Å². The summed E-state index contributed by atoms with van der Waals surface area (Å²) in [5.74, 6) is 1.05. The Balaban J connectivity index is 2.14. The maximum atomic E-state index is 5.81. The number of nitrogens with two attached hydrogens (primary N) is 1. The van der Waals surface area contributed by atoms with Crippen LogP contribution in [0, 0.1) is 0 Å². The summed E-state index contributed by atoms with van der Waals surface area (Å²) in [4.78, 5) is 12.0. The molecule has 0 spiro atoms. The van der Waals surface area contributed by atoms with Crippen molar-refractivity contribution in [3.05, 3.63) is 24.5 Å². The third-order valence-corrected chi connectivity index (χ3v) is 2.24. The molecular weight excluding hydrogens is 206 g/mol. The lowest BCUT2D eigenvalue weighted by Gasteiger charge is -2.02. The van der Waals surface area contributed by atoms with E-state index < -0.39 is 0 Å². The van der Waals surface area contributed by atoms with Gasteiger partial charge in [0.25, 0.3) is 5.89 Å². The zero-order valence-corrected chi connectivity index (χ0v) is 9.00. The molecule has 2 N–H and O–H groups in total. The number of hydrogen-bond acceptors (Lipinski definition) is 6. The second kappa shape index (κ2) is 4.80. The SMILES string of the molecule is CCC(N)Cc1noc(-c2cncnc2)n1. The summed E-state index contributed by atoms with van der Waals surface area (Å²) in [5, 5.41) is 3.86. The molecule has 84 valence electrons. The zero-order chi connectivity index (χ0) is 11.4. The van der Waals surface area contributed by atoms with E-state index in [1.165, 1.54) is 6.33 Å². The van der Waals surface area contributed by atoms with Gasteiger partial charge in [-0.15, -0.1) is 0 Å². The molecule has 1 unspecified atom stereocenters. The van der Waals surface area contributed by atoms with Gasteiger partial charge in [-0.25, -0.2) is 9.97 Å². The Bertz CT molecular complexity index is 441. The van der Waals surface area contributed by atoms with Crippen LogP contribution in [0.15, 0.2) is 23.2 Å². The first kappa shape index (κ1) is 10.7.